The van der Waals surface area contributed by atoms with Gasteiger partial charge in [-0.3, -0.25) is 25.2 Å². The van der Waals surface area contributed by atoms with Gasteiger partial charge in [-0.15, -0.1) is 9.24 Å². The number of nitrogens with zero attached hydrogens (tertiary/aromatic N) is 1. The van der Waals surface area contributed by atoms with Gasteiger partial charge in [-0.05, 0) is 58.8 Å². The largest absolute Gasteiger partial charge is 0.492 e. The predicted molar refractivity (Wildman–Crippen MR) is 223 cm³/mol. The number of likely N-dealkylation sites (tertiary alicyclic amines) is 1. The number of likely N-dealkylation sites (N-methyl/N-ethyl adjacent to an activating group) is 2. The predicted octanol–water partition coefficient (Wildman–Crippen LogP) is 4.71. The van der Waals surface area contributed by atoms with Crippen molar-refractivity contribution in [2.24, 2.45) is 5.73 Å². The number of hydrogen-bond donors (Lipinski definition) is 6. The van der Waals surface area contributed by atoms with Crippen LogP contribution in [0.5, 0.6) is 5.75 Å². The molecule has 2 aliphatic heterocycles. The second kappa shape index (κ2) is 24.0. The third kappa shape index (κ3) is 14.5. The van der Waals surface area contributed by atoms with Gasteiger partial charge in [0.1, 0.15) is 11.8 Å². The molecule has 2 aliphatic rings. The summed E-state index contributed by atoms with van der Waals surface area (Å²) < 4.78 is 5.95. The van der Waals surface area contributed by atoms with E-state index in [2.05, 4.69) is 69.4 Å². The van der Waals surface area contributed by atoms with Crippen molar-refractivity contribution in [3.05, 3.63) is 76.8 Å². The Morgan fingerprint density at radius 3 is 2.35 bits per heavy atom. The molecule has 5 atom stereocenters. The first-order valence-corrected chi connectivity index (χ1v) is 19.2. The molecule has 2 amide bonds. The zero-order valence-electron chi connectivity index (χ0n) is 34.5. The van der Waals surface area contributed by atoms with Crippen molar-refractivity contribution in [3.8, 4) is 5.75 Å². The van der Waals surface area contributed by atoms with Crippen LogP contribution in [-0.2, 0) is 10.2 Å². The van der Waals surface area contributed by atoms with E-state index in [1.54, 1.807) is 25.3 Å². The summed E-state index contributed by atoms with van der Waals surface area (Å²) in [6.07, 6.45) is 9.34. The Labute approximate surface area is 318 Å². The number of amidine groups is 1. The molecule has 0 aliphatic carbocycles. The molecule has 0 radical (unpaired) electrons. The van der Waals surface area contributed by atoms with E-state index in [1.165, 1.54) is 6.42 Å². The lowest BCUT2D eigenvalue weighted by Crippen LogP contribution is -2.90. The number of nitrogens with two attached hydrogens (primary N) is 1. The van der Waals surface area contributed by atoms with Gasteiger partial charge < -0.3 is 25.8 Å². The number of carbonyl (C=O) groups excluding carboxylic acids is 2. The molecule has 3 rings (SSSR count). The zero-order valence-corrected chi connectivity index (χ0v) is 35.7. The van der Waals surface area contributed by atoms with E-state index >= 15 is 0 Å². The molecular weight excluding hydrogens is 671 g/mol. The van der Waals surface area contributed by atoms with Crippen molar-refractivity contribution in [1.82, 2.24) is 20.9 Å². The first-order chi connectivity index (χ1) is 24.4. The minimum absolute atomic E-state index is 0.0531. The number of fused-ring (bicyclic) bond motifs is 1. The van der Waals surface area contributed by atoms with Gasteiger partial charge in [0.25, 0.3) is 5.91 Å². The molecule has 0 spiro atoms. The first-order valence-electron chi connectivity index (χ1n) is 18.6. The minimum atomic E-state index is -0.816. The fourth-order valence-electron chi connectivity index (χ4n) is 5.68. The molecule has 0 bridgehead atoms. The molecule has 52 heavy (non-hydrogen) atoms. The third-order valence-corrected chi connectivity index (χ3v) is 9.08. The Balaban J connectivity index is 0.00000128. The van der Waals surface area contributed by atoms with Crippen LogP contribution >= 0.6 is 9.24 Å². The summed E-state index contributed by atoms with van der Waals surface area (Å²) >= 11 is 0. The summed E-state index contributed by atoms with van der Waals surface area (Å²) in [5, 5.41) is 21.6. The summed E-state index contributed by atoms with van der Waals surface area (Å²) in [6.45, 7) is 27.9. The molecule has 0 saturated carbocycles. The van der Waals surface area contributed by atoms with Crippen molar-refractivity contribution in [2.45, 2.75) is 125 Å². The van der Waals surface area contributed by atoms with Crippen molar-refractivity contribution in [2.75, 3.05) is 33.8 Å². The zero-order chi connectivity index (χ0) is 40.2. The number of allylic oxidation sites excluding steroid dienone is 4. The second-order valence-electron chi connectivity index (χ2n) is 14.1. The molecule has 294 valence electrons. The Bertz CT molecular complexity index is 1410. The summed E-state index contributed by atoms with van der Waals surface area (Å²) in [5.74, 6) is 0.939. The quantitative estimate of drug-likeness (QED) is 0.0635. The average molecular weight is 744 g/mol. The SMILES string of the molecule is C=C(/C=C\C=C(/C)P)C(=O)NC.CC.CCC.CCC(N)=[NH+]C(CNC=C(C)C)C1(C)C(O)C(NC(=O)c2cccc3c2OCCC3(C)C)CN1C. The van der Waals surface area contributed by atoms with Gasteiger partial charge in [0.05, 0.1) is 36.4 Å². The van der Waals surface area contributed by atoms with Crippen molar-refractivity contribution >= 4 is 26.9 Å². The molecule has 10 nitrogen and oxygen atoms in total. The number of aliphatic hydroxyl groups is 1. The monoisotopic (exact) mass is 744 g/mol. The van der Waals surface area contributed by atoms with Crippen LogP contribution in [0.25, 0.3) is 0 Å². The smallest absolute Gasteiger partial charge is 0.255 e. The Morgan fingerprint density at radius 1 is 1.19 bits per heavy atom. The van der Waals surface area contributed by atoms with Gasteiger partial charge in [0.15, 0.2) is 0 Å². The molecule has 2 heterocycles. The maximum atomic E-state index is 13.4. The van der Waals surface area contributed by atoms with Crippen LogP contribution in [0.1, 0.15) is 111 Å². The highest BCUT2D eigenvalue weighted by molar-refractivity contribution is 7.22. The number of para-hydroxylation sites is 1. The molecular formula is C41H72N6O4P+. The highest BCUT2D eigenvalue weighted by atomic mass is 31.0. The maximum Gasteiger partial charge on any atom is 0.255 e. The molecule has 1 saturated heterocycles. The summed E-state index contributed by atoms with van der Waals surface area (Å²) in [7, 11) is 6.11. The van der Waals surface area contributed by atoms with Crippen molar-refractivity contribution < 1.29 is 24.4 Å². The molecule has 5 unspecified atom stereocenters. The number of rotatable bonds is 11. The average Bonchev–Trinajstić information content (AvgIpc) is 3.31. The number of nitrogens with one attached hydrogen (secondary N) is 4. The molecule has 1 fully saturated rings. The van der Waals surface area contributed by atoms with Crippen LogP contribution in [0.15, 0.2) is 65.7 Å². The maximum absolute atomic E-state index is 13.4. The third-order valence-electron chi connectivity index (χ3n) is 8.89. The molecule has 1 aromatic rings. The van der Waals surface area contributed by atoms with Crippen LogP contribution in [0.2, 0.25) is 0 Å². The van der Waals surface area contributed by atoms with Crippen molar-refractivity contribution in [1.29, 1.82) is 0 Å². The van der Waals surface area contributed by atoms with Gasteiger partial charge in [0.2, 0.25) is 11.7 Å². The minimum Gasteiger partial charge on any atom is -0.492 e. The van der Waals surface area contributed by atoms with Crippen LogP contribution in [0.3, 0.4) is 0 Å². The number of aliphatic hydroxyl groups excluding tert-OH is 1. The van der Waals surface area contributed by atoms with Gasteiger partial charge >= 0.3 is 0 Å². The number of hydrogen-bond acceptors (Lipinski definition) is 6. The van der Waals surface area contributed by atoms with E-state index in [9.17, 15) is 14.7 Å². The lowest BCUT2D eigenvalue weighted by Gasteiger charge is -2.39. The Morgan fingerprint density at radius 2 is 1.81 bits per heavy atom. The fourth-order valence-corrected chi connectivity index (χ4v) is 5.79. The van der Waals surface area contributed by atoms with E-state index in [-0.39, 0.29) is 23.3 Å². The van der Waals surface area contributed by atoms with Crippen LogP contribution in [0.4, 0.5) is 0 Å². The summed E-state index contributed by atoms with van der Waals surface area (Å²) in [5.41, 5.74) is 8.63. The van der Waals surface area contributed by atoms with E-state index in [0.29, 0.717) is 48.8 Å². The molecule has 7 N–H and O–H groups in total. The van der Waals surface area contributed by atoms with E-state index < -0.39 is 17.7 Å². The van der Waals surface area contributed by atoms with E-state index in [4.69, 9.17) is 10.5 Å². The highest BCUT2D eigenvalue weighted by Crippen LogP contribution is 2.40. The normalized spacial score (nSPS) is 21.3. The lowest BCUT2D eigenvalue weighted by molar-refractivity contribution is -0.522. The van der Waals surface area contributed by atoms with Gasteiger partial charge in [0, 0.05) is 31.1 Å². The highest BCUT2D eigenvalue weighted by Gasteiger charge is 2.54. The van der Waals surface area contributed by atoms with Gasteiger partial charge in [-0.2, -0.15) is 0 Å². The van der Waals surface area contributed by atoms with Crippen LogP contribution in [-0.4, -0.2) is 85.2 Å². The van der Waals surface area contributed by atoms with Gasteiger partial charge in [-0.25, -0.2) is 0 Å². The topological polar surface area (TPSA) is 143 Å². The molecule has 11 heteroatoms. The second-order valence-corrected chi connectivity index (χ2v) is 15.0. The van der Waals surface area contributed by atoms with Crippen LogP contribution < -0.4 is 31.4 Å². The number of ether oxygens (including phenoxy) is 1. The fraction of sp³-hybridized carbons (Fsp3) is 0.585. The molecule has 0 aromatic heterocycles. The number of benzene rings is 1. The summed E-state index contributed by atoms with van der Waals surface area (Å²) in [6, 6.07) is 5.10. The van der Waals surface area contributed by atoms with E-state index in [1.807, 2.05) is 79.9 Å². The summed E-state index contributed by atoms with van der Waals surface area (Å²) in [4.78, 5) is 29.8. The first kappa shape index (κ1) is 48.5. The Kier molecular flexibility index (Phi) is 22.4. The Hall–Kier alpha value is -3.46. The van der Waals surface area contributed by atoms with Crippen molar-refractivity contribution in [3.63, 3.8) is 0 Å². The standard InChI is InChI=1S/C27H43N5O3.C9H14NOP.C3H8.C2H6/c1-8-22(28)31-21(15-29-14-17(2)3)27(6)24(33)20(16-32(27)7)30-25(34)18-10-9-11-19-23(18)35-13-12-26(19,4)5;1-7(9(11)10-3)5-4-6-8(2)12;1-3-2;1-2/h9-11,14,20-21,24,29,33H,8,12-13,15-16H2,1-7H3,(H2,28,31)(H,30,34);4-6H,1,12H2,2-3H3,(H,10,11);3H2,1-2H3;1-2H3/p+1/b;5-4-,8-6+;;. The lowest BCUT2D eigenvalue weighted by atomic mass is 9.79. The molecule has 1 aromatic carbocycles. The van der Waals surface area contributed by atoms with E-state index in [0.717, 1.165) is 22.9 Å². The van der Waals surface area contributed by atoms with Gasteiger partial charge in [-0.1, -0.05) is 103 Å². The number of carbonyl (C=O) groups is 2. The van der Waals surface area contributed by atoms with Crippen LogP contribution in [0, 0.1) is 0 Å². The number of amides is 2.